The molecule has 96 valence electrons. The molecule has 0 bridgehead atoms. The third-order valence-corrected chi connectivity index (χ3v) is 3.60. The molecule has 16 heavy (non-hydrogen) atoms. The Labute approximate surface area is 104 Å². The molecule has 0 radical (unpaired) electrons. The summed E-state index contributed by atoms with van der Waals surface area (Å²) < 4.78 is 0. The van der Waals surface area contributed by atoms with E-state index in [4.69, 9.17) is 5.11 Å². The second-order valence-corrected chi connectivity index (χ2v) is 5.82. The van der Waals surface area contributed by atoms with E-state index in [0.29, 0.717) is 5.75 Å². The first kappa shape index (κ1) is 15.8. The van der Waals surface area contributed by atoms with Crippen LogP contribution < -0.4 is 0 Å². The topological polar surface area (TPSA) is 40.5 Å². The summed E-state index contributed by atoms with van der Waals surface area (Å²) in [5, 5.41) is 8.88. The van der Waals surface area contributed by atoms with Crippen molar-refractivity contribution < 1.29 is 9.90 Å². The van der Waals surface area contributed by atoms with E-state index in [0.717, 1.165) is 5.75 Å². The highest BCUT2D eigenvalue weighted by molar-refractivity contribution is 7.99. The SMILES string of the molecule is CC(CO)CSCC(=O)N(C(C)C)C(C)C. The highest BCUT2D eigenvalue weighted by atomic mass is 32.2. The van der Waals surface area contributed by atoms with Gasteiger partial charge in [0.15, 0.2) is 0 Å². The minimum Gasteiger partial charge on any atom is -0.396 e. The van der Waals surface area contributed by atoms with Gasteiger partial charge in [0.2, 0.25) is 5.91 Å². The van der Waals surface area contributed by atoms with Gasteiger partial charge in [-0.25, -0.2) is 0 Å². The number of amides is 1. The highest BCUT2D eigenvalue weighted by Crippen LogP contribution is 2.12. The van der Waals surface area contributed by atoms with E-state index in [1.165, 1.54) is 0 Å². The fraction of sp³-hybridized carbons (Fsp3) is 0.917. The molecule has 0 saturated heterocycles. The van der Waals surface area contributed by atoms with E-state index in [2.05, 4.69) is 0 Å². The Morgan fingerprint density at radius 1 is 1.19 bits per heavy atom. The minimum absolute atomic E-state index is 0.194. The average Bonchev–Trinajstić information content (AvgIpc) is 2.16. The lowest BCUT2D eigenvalue weighted by atomic mass is 10.2. The molecule has 0 heterocycles. The number of carbonyl (C=O) groups excluding carboxylic acids is 1. The summed E-state index contributed by atoms with van der Waals surface area (Å²) in [6.07, 6.45) is 0. The monoisotopic (exact) mass is 247 g/mol. The van der Waals surface area contributed by atoms with Crippen molar-refractivity contribution in [1.29, 1.82) is 0 Å². The highest BCUT2D eigenvalue weighted by Gasteiger charge is 2.19. The zero-order chi connectivity index (χ0) is 12.7. The molecule has 0 rings (SSSR count). The van der Waals surface area contributed by atoms with Crippen LogP contribution in [0.1, 0.15) is 34.6 Å². The van der Waals surface area contributed by atoms with Crippen molar-refractivity contribution in [1.82, 2.24) is 4.90 Å². The Morgan fingerprint density at radius 3 is 2.06 bits per heavy atom. The van der Waals surface area contributed by atoms with Gasteiger partial charge in [-0.05, 0) is 39.4 Å². The lowest BCUT2D eigenvalue weighted by Gasteiger charge is -2.30. The third kappa shape index (κ3) is 5.75. The molecule has 0 aliphatic rings. The van der Waals surface area contributed by atoms with Crippen molar-refractivity contribution in [2.75, 3.05) is 18.1 Å². The third-order valence-electron chi connectivity index (χ3n) is 2.34. The molecular weight excluding hydrogens is 222 g/mol. The van der Waals surface area contributed by atoms with Crippen LogP contribution in [0.3, 0.4) is 0 Å². The first-order chi connectivity index (χ1) is 7.40. The van der Waals surface area contributed by atoms with Crippen molar-refractivity contribution >= 4 is 17.7 Å². The summed E-state index contributed by atoms with van der Waals surface area (Å²) in [6, 6.07) is 0.506. The molecular formula is C12H25NO2S. The molecule has 0 fully saturated rings. The van der Waals surface area contributed by atoms with Crippen LogP contribution in [0, 0.1) is 5.92 Å². The Balaban J connectivity index is 4.03. The number of aliphatic hydroxyl groups is 1. The van der Waals surface area contributed by atoms with E-state index in [9.17, 15) is 4.79 Å². The van der Waals surface area contributed by atoms with Crippen molar-refractivity contribution in [3.63, 3.8) is 0 Å². The summed E-state index contributed by atoms with van der Waals surface area (Å²) in [5.41, 5.74) is 0. The van der Waals surface area contributed by atoms with Crippen LogP contribution in [0.5, 0.6) is 0 Å². The average molecular weight is 247 g/mol. The van der Waals surface area contributed by atoms with Gasteiger partial charge in [-0.2, -0.15) is 11.8 Å². The van der Waals surface area contributed by atoms with Gasteiger partial charge >= 0.3 is 0 Å². The van der Waals surface area contributed by atoms with E-state index >= 15 is 0 Å². The van der Waals surface area contributed by atoms with Gasteiger partial charge in [0, 0.05) is 18.7 Å². The minimum atomic E-state index is 0.194. The largest absolute Gasteiger partial charge is 0.396 e. The molecule has 0 aromatic carbocycles. The van der Waals surface area contributed by atoms with Crippen LogP contribution in [0.25, 0.3) is 0 Å². The summed E-state index contributed by atoms with van der Waals surface area (Å²) in [5.74, 6) is 1.82. The van der Waals surface area contributed by atoms with Crippen molar-refractivity contribution in [3.05, 3.63) is 0 Å². The predicted molar refractivity (Wildman–Crippen MR) is 70.7 cm³/mol. The normalized spacial score (nSPS) is 13.2. The number of hydrogen-bond donors (Lipinski definition) is 1. The second kappa shape index (κ2) is 7.96. The quantitative estimate of drug-likeness (QED) is 0.748. The maximum Gasteiger partial charge on any atom is 0.233 e. The molecule has 1 amide bonds. The summed E-state index contributed by atoms with van der Waals surface area (Å²) >= 11 is 1.61. The molecule has 1 atom stereocenters. The van der Waals surface area contributed by atoms with Gasteiger partial charge in [0.05, 0.1) is 5.75 Å². The van der Waals surface area contributed by atoms with Crippen molar-refractivity contribution in [3.8, 4) is 0 Å². The van der Waals surface area contributed by atoms with Crippen LogP contribution >= 0.6 is 11.8 Å². The van der Waals surface area contributed by atoms with Crippen LogP contribution in [0.15, 0.2) is 0 Å². The molecule has 0 aromatic rings. The van der Waals surface area contributed by atoms with Gasteiger partial charge in [0.1, 0.15) is 0 Å². The molecule has 4 heteroatoms. The molecule has 0 spiro atoms. The Bertz CT molecular complexity index is 199. The van der Waals surface area contributed by atoms with E-state index in [-0.39, 0.29) is 30.5 Å². The molecule has 0 aliphatic carbocycles. The maximum atomic E-state index is 11.9. The molecule has 0 aliphatic heterocycles. The Morgan fingerprint density at radius 2 is 1.69 bits per heavy atom. The second-order valence-electron chi connectivity index (χ2n) is 4.79. The van der Waals surface area contributed by atoms with E-state index < -0.39 is 0 Å². The zero-order valence-corrected chi connectivity index (χ0v) is 11.9. The number of carbonyl (C=O) groups is 1. The standard InChI is InChI=1S/C12H25NO2S/c1-9(2)13(10(3)4)12(15)8-16-7-11(5)6-14/h9-11,14H,6-8H2,1-5H3. The number of nitrogens with zero attached hydrogens (tertiary/aromatic N) is 1. The number of rotatable bonds is 7. The van der Waals surface area contributed by atoms with E-state index in [1.807, 2.05) is 39.5 Å². The first-order valence-electron chi connectivity index (χ1n) is 5.89. The molecule has 3 nitrogen and oxygen atoms in total. The van der Waals surface area contributed by atoms with Gasteiger partial charge in [-0.1, -0.05) is 6.92 Å². The number of hydrogen-bond acceptors (Lipinski definition) is 3. The van der Waals surface area contributed by atoms with Crippen LogP contribution in [0.4, 0.5) is 0 Å². The summed E-state index contributed by atoms with van der Waals surface area (Å²) in [4.78, 5) is 13.9. The maximum absolute atomic E-state index is 11.9. The van der Waals surface area contributed by atoms with Crippen molar-refractivity contribution in [2.24, 2.45) is 5.92 Å². The molecule has 0 saturated carbocycles. The lowest BCUT2D eigenvalue weighted by molar-refractivity contribution is -0.131. The van der Waals surface area contributed by atoms with Crippen LogP contribution in [-0.4, -0.2) is 46.1 Å². The van der Waals surface area contributed by atoms with Gasteiger partial charge in [0.25, 0.3) is 0 Å². The van der Waals surface area contributed by atoms with Gasteiger partial charge < -0.3 is 10.0 Å². The Hall–Kier alpha value is -0.220. The fourth-order valence-corrected chi connectivity index (χ4v) is 2.60. The van der Waals surface area contributed by atoms with E-state index in [1.54, 1.807) is 11.8 Å². The summed E-state index contributed by atoms with van der Waals surface area (Å²) in [6.45, 7) is 10.3. The van der Waals surface area contributed by atoms with Gasteiger partial charge in [-0.3, -0.25) is 4.79 Å². The predicted octanol–water partition coefficient (Wildman–Crippen LogP) is 1.99. The van der Waals surface area contributed by atoms with Crippen LogP contribution in [0.2, 0.25) is 0 Å². The van der Waals surface area contributed by atoms with Gasteiger partial charge in [-0.15, -0.1) is 0 Å². The number of aliphatic hydroxyl groups excluding tert-OH is 1. The Kier molecular flexibility index (Phi) is 7.85. The summed E-state index contributed by atoms with van der Waals surface area (Å²) in [7, 11) is 0. The smallest absolute Gasteiger partial charge is 0.233 e. The number of thioether (sulfide) groups is 1. The first-order valence-corrected chi connectivity index (χ1v) is 7.05. The molecule has 1 unspecified atom stereocenters. The van der Waals surface area contributed by atoms with Crippen molar-refractivity contribution in [2.45, 2.75) is 46.7 Å². The zero-order valence-electron chi connectivity index (χ0n) is 11.1. The molecule has 0 aromatic heterocycles. The fourth-order valence-electron chi connectivity index (χ4n) is 1.65. The van der Waals surface area contributed by atoms with Crippen LogP contribution in [-0.2, 0) is 4.79 Å². The lowest BCUT2D eigenvalue weighted by Crippen LogP contribution is -2.43. The molecule has 1 N–H and O–H groups in total.